The molecule has 184 valence electrons. The highest BCUT2D eigenvalue weighted by atomic mass is 32.2. The number of amides is 2. The Kier molecular flexibility index (Phi) is 8.27. The van der Waals surface area contributed by atoms with Crippen molar-refractivity contribution in [1.82, 2.24) is 14.5 Å². The third kappa shape index (κ3) is 5.92. The smallest absolute Gasteiger partial charge is 0.251 e. The Morgan fingerprint density at radius 2 is 1.59 bits per heavy atom. The lowest BCUT2D eigenvalue weighted by Gasteiger charge is -2.36. The Morgan fingerprint density at radius 3 is 2.12 bits per heavy atom. The molecule has 1 fully saturated rings. The molecule has 1 N–H and O–H groups in total. The highest BCUT2D eigenvalue weighted by Gasteiger charge is 2.34. The molecule has 1 saturated heterocycles. The second kappa shape index (κ2) is 11.0. The van der Waals surface area contributed by atoms with E-state index in [1.807, 2.05) is 20.8 Å². The van der Waals surface area contributed by atoms with Crippen LogP contribution in [0, 0.1) is 11.7 Å². The van der Waals surface area contributed by atoms with Gasteiger partial charge in [0.2, 0.25) is 15.9 Å². The van der Waals surface area contributed by atoms with Crippen LogP contribution in [0.15, 0.2) is 53.4 Å². The Hall–Kier alpha value is -2.98. The van der Waals surface area contributed by atoms with Crippen LogP contribution in [-0.4, -0.2) is 68.3 Å². The van der Waals surface area contributed by atoms with Gasteiger partial charge in [0.15, 0.2) is 0 Å². The number of sulfonamides is 1. The minimum absolute atomic E-state index is 0.151. The summed E-state index contributed by atoms with van der Waals surface area (Å²) < 4.78 is 45.9. The largest absolute Gasteiger partial charge is 0.494 e. The summed E-state index contributed by atoms with van der Waals surface area (Å²) in [4.78, 5) is 27.5. The predicted octanol–water partition coefficient (Wildman–Crippen LogP) is 2.51. The number of halogens is 1. The molecule has 2 amide bonds. The van der Waals surface area contributed by atoms with Crippen LogP contribution in [-0.2, 0) is 14.8 Å². The summed E-state index contributed by atoms with van der Waals surface area (Å²) in [5.41, 5.74) is 0.256. The molecule has 1 aliphatic heterocycles. The number of hydrogen-bond donors (Lipinski definition) is 1. The molecule has 2 aromatic rings. The number of carbonyl (C=O) groups is 2. The Bertz CT molecular complexity index is 1100. The zero-order valence-electron chi connectivity index (χ0n) is 19.5. The minimum atomic E-state index is -3.70. The van der Waals surface area contributed by atoms with E-state index in [2.05, 4.69) is 5.32 Å². The number of rotatable bonds is 8. The van der Waals surface area contributed by atoms with E-state index in [0.29, 0.717) is 12.4 Å². The van der Waals surface area contributed by atoms with Gasteiger partial charge in [-0.2, -0.15) is 4.31 Å². The van der Waals surface area contributed by atoms with Gasteiger partial charge in [0.1, 0.15) is 17.6 Å². The van der Waals surface area contributed by atoms with Gasteiger partial charge >= 0.3 is 0 Å². The third-order valence-electron chi connectivity index (χ3n) is 5.65. The van der Waals surface area contributed by atoms with Crippen LogP contribution in [0.3, 0.4) is 0 Å². The quantitative estimate of drug-likeness (QED) is 0.612. The van der Waals surface area contributed by atoms with Crippen LogP contribution in [0.5, 0.6) is 5.75 Å². The number of nitrogens with zero attached hydrogens (tertiary/aromatic N) is 2. The van der Waals surface area contributed by atoms with Crippen molar-refractivity contribution in [1.29, 1.82) is 0 Å². The molecule has 1 unspecified atom stereocenters. The number of nitrogens with one attached hydrogen (secondary N) is 1. The zero-order chi connectivity index (χ0) is 24.9. The first kappa shape index (κ1) is 25.6. The van der Waals surface area contributed by atoms with E-state index in [1.54, 1.807) is 17.0 Å². The molecular weight excluding hydrogens is 461 g/mol. The van der Waals surface area contributed by atoms with Gasteiger partial charge in [0.05, 0.1) is 11.5 Å². The summed E-state index contributed by atoms with van der Waals surface area (Å²) in [6, 6.07) is 10.6. The molecule has 1 aliphatic rings. The maximum absolute atomic E-state index is 13.2. The monoisotopic (exact) mass is 491 g/mol. The highest BCUT2D eigenvalue weighted by molar-refractivity contribution is 7.89. The highest BCUT2D eigenvalue weighted by Crippen LogP contribution is 2.21. The van der Waals surface area contributed by atoms with Crippen molar-refractivity contribution in [2.24, 2.45) is 5.92 Å². The molecule has 1 atom stereocenters. The molecule has 0 spiro atoms. The topological polar surface area (TPSA) is 96.0 Å². The fraction of sp³-hybridized carbons (Fsp3) is 0.417. The fourth-order valence-corrected chi connectivity index (χ4v) is 5.13. The van der Waals surface area contributed by atoms with E-state index in [-0.39, 0.29) is 48.5 Å². The van der Waals surface area contributed by atoms with E-state index < -0.39 is 27.8 Å². The van der Waals surface area contributed by atoms with Gasteiger partial charge in [-0.1, -0.05) is 13.8 Å². The van der Waals surface area contributed by atoms with Gasteiger partial charge in [-0.3, -0.25) is 9.59 Å². The van der Waals surface area contributed by atoms with Crippen molar-refractivity contribution in [2.45, 2.75) is 31.7 Å². The standard InChI is InChI=1S/C24H30FN3O5S/c1-4-33-20-9-11-21(12-10-20)34(31,32)28-15-13-27(14-16-28)24(30)22(17(2)3)26-23(29)18-5-7-19(25)8-6-18/h5-12,17,22H,4,13-16H2,1-3H3,(H,26,29). The van der Waals surface area contributed by atoms with Gasteiger partial charge in [0.25, 0.3) is 5.91 Å². The van der Waals surface area contributed by atoms with Crippen LogP contribution >= 0.6 is 0 Å². The second-order valence-corrected chi connectivity index (χ2v) is 10.3. The van der Waals surface area contributed by atoms with Crippen molar-refractivity contribution >= 4 is 21.8 Å². The average molecular weight is 492 g/mol. The van der Waals surface area contributed by atoms with Crippen molar-refractivity contribution < 1.29 is 27.1 Å². The van der Waals surface area contributed by atoms with E-state index in [9.17, 15) is 22.4 Å². The van der Waals surface area contributed by atoms with E-state index in [1.165, 1.54) is 40.7 Å². The lowest BCUT2D eigenvalue weighted by Crippen LogP contribution is -2.57. The van der Waals surface area contributed by atoms with Gasteiger partial charge in [0, 0.05) is 31.7 Å². The van der Waals surface area contributed by atoms with Crippen LogP contribution < -0.4 is 10.1 Å². The van der Waals surface area contributed by atoms with Crippen molar-refractivity contribution in [3.63, 3.8) is 0 Å². The van der Waals surface area contributed by atoms with Gasteiger partial charge in [-0.05, 0) is 61.4 Å². The predicted molar refractivity (Wildman–Crippen MR) is 125 cm³/mol. The minimum Gasteiger partial charge on any atom is -0.494 e. The maximum Gasteiger partial charge on any atom is 0.251 e. The van der Waals surface area contributed by atoms with E-state index in [0.717, 1.165) is 0 Å². The first-order chi connectivity index (χ1) is 16.1. The zero-order valence-corrected chi connectivity index (χ0v) is 20.3. The summed E-state index contributed by atoms with van der Waals surface area (Å²) in [6.07, 6.45) is 0. The van der Waals surface area contributed by atoms with Crippen LogP contribution in [0.2, 0.25) is 0 Å². The first-order valence-electron chi connectivity index (χ1n) is 11.2. The molecule has 0 aliphatic carbocycles. The van der Waals surface area contributed by atoms with E-state index >= 15 is 0 Å². The number of piperazine rings is 1. The Balaban J connectivity index is 1.63. The lowest BCUT2D eigenvalue weighted by molar-refractivity contribution is -0.135. The summed E-state index contributed by atoms with van der Waals surface area (Å²) in [7, 11) is -3.70. The molecule has 0 saturated carbocycles. The third-order valence-corrected chi connectivity index (χ3v) is 7.56. The van der Waals surface area contributed by atoms with Gasteiger partial charge in [-0.15, -0.1) is 0 Å². The molecule has 10 heteroatoms. The molecule has 0 radical (unpaired) electrons. The SMILES string of the molecule is CCOc1ccc(S(=O)(=O)N2CCN(C(=O)C(NC(=O)c3ccc(F)cc3)C(C)C)CC2)cc1. The average Bonchev–Trinajstić information content (AvgIpc) is 2.83. The molecule has 0 aromatic heterocycles. The normalized spacial score (nSPS) is 15.7. The molecule has 1 heterocycles. The Labute approximate surface area is 199 Å². The first-order valence-corrected chi connectivity index (χ1v) is 12.7. The van der Waals surface area contributed by atoms with Crippen molar-refractivity contribution in [2.75, 3.05) is 32.8 Å². The van der Waals surface area contributed by atoms with Crippen molar-refractivity contribution in [3.05, 3.63) is 59.9 Å². The van der Waals surface area contributed by atoms with Gasteiger partial charge in [-0.25, -0.2) is 12.8 Å². The van der Waals surface area contributed by atoms with Crippen LogP contribution in [0.4, 0.5) is 4.39 Å². The molecule has 34 heavy (non-hydrogen) atoms. The number of hydrogen-bond acceptors (Lipinski definition) is 5. The second-order valence-electron chi connectivity index (χ2n) is 8.34. The van der Waals surface area contributed by atoms with Crippen LogP contribution in [0.1, 0.15) is 31.1 Å². The van der Waals surface area contributed by atoms with Gasteiger partial charge < -0.3 is 15.0 Å². The maximum atomic E-state index is 13.2. The summed E-state index contributed by atoms with van der Waals surface area (Å²) in [5.74, 6) is -0.791. The molecule has 2 aromatic carbocycles. The summed E-state index contributed by atoms with van der Waals surface area (Å²) in [6.45, 7) is 6.71. The van der Waals surface area contributed by atoms with Crippen LogP contribution in [0.25, 0.3) is 0 Å². The molecular formula is C24H30FN3O5S. The number of ether oxygens (including phenoxy) is 1. The summed E-state index contributed by atoms with van der Waals surface area (Å²) in [5, 5.41) is 2.74. The number of carbonyl (C=O) groups excluding carboxylic acids is 2. The molecule has 3 rings (SSSR count). The lowest BCUT2D eigenvalue weighted by atomic mass is 10.0. The van der Waals surface area contributed by atoms with E-state index in [4.69, 9.17) is 4.74 Å². The fourth-order valence-electron chi connectivity index (χ4n) is 3.71. The molecule has 0 bridgehead atoms. The van der Waals surface area contributed by atoms with Crippen molar-refractivity contribution in [3.8, 4) is 5.75 Å². The summed E-state index contributed by atoms with van der Waals surface area (Å²) >= 11 is 0. The Morgan fingerprint density at radius 1 is 1.00 bits per heavy atom. The molecule has 8 nitrogen and oxygen atoms in total. The number of benzene rings is 2.